The number of aliphatic hydroxyl groups is 1. The molecule has 1 N–H and O–H groups in total. The van der Waals surface area contributed by atoms with E-state index in [2.05, 4.69) is 15.9 Å². The zero-order chi connectivity index (χ0) is 10.8. The first-order valence-electron chi connectivity index (χ1n) is 3.99. The number of alkyl halides is 1. The van der Waals surface area contributed by atoms with Crippen molar-refractivity contribution in [3.63, 3.8) is 0 Å². The Kier molecular flexibility index (Phi) is 3.69. The highest BCUT2D eigenvalue weighted by Crippen LogP contribution is 2.25. The van der Waals surface area contributed by atoms with E-state index < -0.39 is 20.1 Å². The maximum absolute atomic E-state index is 11.1. The Balaban J connectivity index is 2.92. The van der Waals surface area contributed by atoms with Crippen molar-refractivity contribution in [3.05, 3.63) is 35.9 Å². The minimum atomic E-state index is -3.28. The molecule has 78 valence electrons. The Labute approximate surface area is 91.8 Å². The Morgan fingerprint density at radius 1 is 1.29 bits per heavy atom. The van der Waals surface area contributed by atoms with Gasteiger partial charge in [0.25, 0.3) is 0 Å². The highest BCUT2D eigenvalue weighted by atomic mass is 79.9. The molecule has 0 saturated heterocycles. The van der Waals surface area contributed by atoms with Gasteiger partial charge in [-0.3, -0.25) is 0 Å². The minimum absolute atomic E-state index is 0.583. The normalized spacial score (nSPS) is 16.2. The van der Waals surface area contributed by atoms with Crippen molar-refractivity contribution < 1.29 is 13.5 Å². The molecule has 0 aliphatic heterocycles. The highest BCUT2D eigenvalue weighted by molar-refractivity contribution is 9.11. The number of sulfone groups is 1. The van der Waals surface area contributed by atoms with Gasteiger partial charge in [-0.1, -0.05) is 46.3 Å². The second-order valence-corrected chi connectivity index (χ2v) is 6.80. The van der Waals surface area contributed by atoms with Crippen LogP contribution in [-0.2, 0) is 9.84 Å². The molecule has 0 heterocycles. The average molecular weight is 279 g/mol. The third kappa shape index (κ3) is 2.80. The van der Waals surface area contributed by atoms with Crippen molar-refractivity contribution in [1.82, 2.24) is 0 Å². The number of rotatable bonds is 3. The zero-order valence-corrected chi connectivity index (χ0v) is 9.99. The summed E-state index contributed by atoms with van der Waals surface area (Å²) in [4.78, 5) is 0. The zero-order valence-electron chi connectivity index (χ0n) is 7.59. The fourth-order valence-corrected chi connectivity index (χ4v) is 1.97. The molecule has 14 heavy (non-hydrogen) atoms. The summed E-state index contributed by atoms with van der Waals surface area (Å²) in [5.74, 6) is 0. The molecule has 2 atom stereocenters. The van der Waals surface area contributed by atoms with Crippen LogP contribution >= 0.6 is 15.9 Å². The van der Waals surface area contributed by atoms with Gasteiger partial charge in [0.1, 0.15) is 10.3 Å². The summed E-state index contributed by atoms with van der Waals surface area (Å²) in [6.07, 6.45) is 0.0460. The van der Waals surface area contributed by atoms with E-state index in [1.807, 2.05) is 0 Å². The number of hydrogen-bond acceptors (Lipinski definition) is 3. The molecule has 0 amide bonds. The van der Waals surface area contributed by atoms with Crippen LogP contribution in [0.5, 0.6) is 0 Å². The lowest BCUT2D eigenvalue weighted by molar-refractivity contribution is 0.195. The van der Waals surface area contributed by atoms with Gasteiger partial charge in [0.2, 0.25) is 0 Å². The standard InChI is InChI=1S/C9H11BrO3S/c1-14(12,13)9(10)8(11)7-5-3-2-4-6-7/h2-6,8-9,11H,1H3/t8-,9+/m1/s1. The second-order valence-electron chi connectivity index (χ2n) is 3.04. The summed E-state index contributed by atoms with van der Waals surface area (Å²) in [6, 6.07) is 8.68. The highest BCUT2D eigenvalue weighted by Gasteiger charge is 2.26. The first-order valence-corrected chi connectivity index (χ1v) is 6.86. The molecule has 0 unspecified atom stereocenters. The molecule has 5 heteroatoms. The van der Waals surface area contributed by atoms with E-state index in [-0.39, 0.29) is 0 Å². The van der Waals surface area contributed by atoms with Crippen LogP contribution in [0.4, 0.5) is 0 Å². The molecule has 0 fully saturated rings. The fraction of sp³-hybridized carbons (Fsp3) is 0.333. The molecule has 1 aromatic rings. The third-order valence-electron chi connectivity index (χ3n) is 1.80. The van der Waals surface area contributed by atoms with Gasteiger partial charge in [-0.15, -0.1) is 0 Å². The number of benzene rings is 1. The predicted molar refractivity (Wildman–Crippen MR) is 59.0 cm³/mol. The molecule has 0 aromatic heterocycles. The lowest BCUT2D eigenvalue weighted by Crippen LogP contribution is -2.21. The van der Waals surface area contributed by atoms with Gasteiger partial charge in [-0.2, -0.15) is 0 Å². The maximum Gasteiger partial charge on any atom is 0.163 e. The van der Waals surface area contributed by atoms with Crippen LogP contribution in [0, 0.1) is 0 Å². The SMILES string of the molecule is CS(=O)(=O)[C@H](Br)[C@H](O)c1ccccc1. The van der Waals surface area contributed by atoms with Gasteiger partial charge in [-0.05, 0) is 5.56 Å². The van der Waals surface area contributed by atoms with Crippen molar-refractivity contribution >= 4 is 25.8 Å². The minimum Gasteiger partial charge on any atom is -0.386 e. The van der Waals surface area contributed by atoms with E-state index in [0.717, 1.165) is 6.26 Å². The van der Waals surface area contributed by atoms with Crippen molar-refractivity contribution in [1.29, 1.82) is 0 Å². The summed E-state index contributed by atoms with van der Waals surface area (Å²) in [5.41, 5.74) is 0.583. The van der Waals surface area contributed by atoms with Crippen LogP contribution in [-0.4, -0.2) is 23.9 Å². The van der Waals surface area contributed by atoms with Crippen molar-refractivity contribution in [3.8, 4) is 0 Å². The predicted octanol–water partition coefficient (Wildman–Crippen LogP) is 1.49. The van der Waals surface area contributed by atoms with E-state index in [1.54, 1.807) is 30.3 Å². The average Bonchev–Trinajstić information content (AvgIpc) is 2.15. The molecule has 0 saturated carbocycles. The van der Waals surface area contributed by atoms with Gasteiger partial charge in [-0.25, -0.2) is 8.42 Å². The van der Waals surface area contributed by atoms with Gasteiger partial charge in [0.15, 0.2) is 9.84 Å². The van der Waals surface area contributed by atoms with Crippen LogP contribution < -0.4 is 0 Å². The molecular formula is C9H11BrO3S. The summed E-state index contributed by atoms with van der Waals surface area (Å²) in [5, 5.41) is 9.70. The maximum atomic E-state index is 11.1. The van der Waals surface area contributed by atoms with Crippen LogP contribution in [0.25, 0.3) is 0 Å². The summed E-state index contributed by atoms with van der Waals surface area (Å²) < 4.78 is 21.3. The van der Waals surface area contributed by atoms with E-state index in [0.29, 0.717) is 5.56 Å². The van der Waals surface area contributed by atoms with Crippen LogP contribution in [0.1, 0.15) is 11.7 Å². The Morgan fingerprint density at radius 3 is 2.21 bits per heavy atom. The van der Waals surface area contributed by atoms with Crippen molar-refractivity contribution in [2.24, 2.45) is 0 Å². The smallest absolute Gasteiger partial charge is 0.163 e. The van der Waals surface area contributed by atoms with Crippen LogP contribution in [0.3, 0.4) is 0 Å². The topological polar surface area (TPSA) is 54.4 Å². The Morgan fingerprint density at radius 2 is 1.79 bits per heavy atom. The summed E-state index contributed by atoms with van der Waals surface area (Å²) in [6.45, 7) is 0. The fourth-order valence-electron chi connectivity index (χ4n) is 1.04. The third-order valence-corrected chi connectivity index (χ3v) is 5.41. The van der Waals surface area contributed by atoms with Gasteiger partial charge >= 0.3 is 0 Å². The first kappa shape index (κ1) is 11.7. The number of hydrogen-bond donors (Lipinski definition) is 1. The molecule has 0 aliphatic rings. The summed E-state index contributed by atoms with van der Waals surface area (Å²) in [7, 11) is -3.28. The van der Waals surface area contributed by atoms with Crippen molar-refractivity contribution in [2.75, 3.05) is 6.26 Å². The number of aliphatic hydroxyl groups excluding tert-OH is 1. The van der Waals surface area contributed by atoms with Gasteiger partial charge < -0.3 is 5.11 Å². The van der Waals surface area contributed by atoms with E-state index in [4.69, 9.17) is 0 Å². The van der Waals surface area contributed by atoms with E-state index in [9.17, 15) is 13.5 Å². The molecule has 0 spiro atoms. The molecular weight excluding hydrogens is 268 g/mol. The lowest BCUT2D eigenvalue weighted by Gasteiger charge is -2.15. The second kappa shape index (κ2) is 4.42. The summed E-state index contributed by atoms with van der Waals surface area (Å²) >= 11 is 2.96. The van der Waals surface area contributed by atoms with Crippen molar-refractivity contribution in [2.45, 2.75) is 10.3 Å². The molecule has 0 bridgehead atoms. The molecule has 3 nitrogen and oxygen atoms in total. The quantitative estimate of drug-likeness (QED) is 0.853. The molecule has 1 aromatic carbocycles. The Hall–Kier alpha value is -0.390. The first-order chi connectivity index (χ1) is 6.43. The van der Waals surface area contributed by atoms with Gasteiger partial charge in [0, 0.05) is 6.26 Å². The number of halogens is 1. The molecule has 0 radical (unpaired) electrons. The lowest BCUT2D eigenvalue weighted by atomic mass is 10.1. The van der Waals surface area contributed by atoms with Crippen LogP contribution in [0.15, 0.2) is 30.3 Å². The van der Waals surface area contributed by atoms with E-state index in [1.165, 1.54) is 0 Å². The van der Waals surface area contributed by atoms with Gasteiger partial charge in [0.05, 0.1) is 0 Å². The molecule has 1 rings (SSSR count). The molecule has 0 aliphatic carbocycles. The Bertz CT molecular complexity index is 388. The monoisotopic (exact) mass is 278 g/mol. The van der Waals surface area contributed by atoms with Crippen LogP contribution in [0.2, 0.25) is 0 Å². The largest absolute Gasteiger partial charge is 0.386 e. The van der Waals surface area contributed by atoms with E-state index >= 15 is 0 Å².